The number of benzene rings is 1. The molecule has 1 N–H and O–H groups in total. The third-order valence-electron chi connectivity index (χ3n) is 3.39. The van der Waals surface area contributed by atoms with E-state index in [-0.39, 0.29) is 5.82 Å². The highest BCUT2D eigenvalue weighted by atomic mass is 19.4. The zero-order valence-corrected chi connectivity index (χ0v) is 11.3. The fraction of sp³-hybridized carbons (Fsp3) is 0.267. The van der Waals surface area contributed by atoms with E-state index in [1.807, 2.05) is 6.07 Å². The van der Waals surface area contributed by atoms with Gasteiger partial charge in [0.2, 0.25) is 0 Å². The molecule has 0 bridgehead atoms. The standard InChI is InChI=1S/C15H13F3N2O/c1-19-14-8-11(15(16,17)18)7-12(20-14)9-2-3-13-10(6-9)4-5-21-13/h2-3,6-8H,4-5H2,1H3,(H,19,20). The average Bonchev–Trinajstić information content (AvgIpc) is 2.93. The maximum absolute atomic E-state index is 12.9. The Hall–Kier alpha value is -2.24. The monoisotopic (exact) mass is 294 g/mol. The summed E-state index contributed by atoms with van der Waals surface area (Å²) in [5.74, 6) is 0.983. The first-order chi connectivity index (χ1) is 9.97. The van der Waals surface area contributed by atoms with Crippen molar-refractivity contribution in [1.82, 2.24) is 4.98 Å². The van der Waals surface area contributed by atoms with Gasteiger partial charge in [0, 0.05) is 19.0 Å². The first-order valence-corrected chi connectivity index (χ1v) is 6.50. The molecule has 1 aromatic heterocycles. The second kappa shape index (κ2) is 4.95. The number of hydrogen-bond acceptors (Lipinski definition) is 3. The number of hydrogen-bond donors (Lipinski definition) is 1. The summed E-state index contributed by atoms with van der Waals surface area (Å²) in [7, 11) is 1.54. The Balaban J connectivity index is 2.09. The summed E-state index contributed by atoms with van der Waals surface area (Å²) in [4.78, 5) is 4.21. The van der Waals surface area contributed by atoms with Crippen LogP contribution in [0.2, 0.25) is 0 Å². The quantitative estimate of drug-likeness (QED) is 0.916. The fourth-order valence-corrected chi connectivity index (χ4v) is 2.32. The van der Waals surface area contributed by atoms with Gasteiger partial charge >= 0.3 is 6.18 Å². The van der Waals surface area contributed by atoms with Gasteiger partial charge in [-0.05, 0) is 35.9 Å². The maximum atomic E-state index is 12.9. The van der Waals surface area contributed by atoms with Crippen molar-refractivity contribution in [3.05, 3.63) is 41.5 Å². The van der Waals surface area contributed by atoms with Gasteiger partial charge in [-0.15, -0.1) is 0 Å². The molecule has 0 atom stereocenters. The van der Waals surface area contributed by atoms with E-state index in [0.717, 1.165) is 29.9 Å². The lowest BCUT2D eigenvalue weighted by Crippen LogP contribution is -2.07. The van der Waals surface area contributed by atoms with Crippen LogP contribution in [0.25, 0.3) is 11.3 Å². The van der Waals surface area contributed by atoms with Crippen LogP contribution in [0.4, 0.5) is 19.0 Å². The molecule has 1 aliphatic heterocycles. The summed E-state index contributed by atoms with van der Waals surface area (Å²) in [5, 5.41) is 2.67. The van der Waals surface area contributed by atoms with Gasteiger partial charge in [0.05, 0.1) is 17.9 Å². The van der Waals surface area contributed by atoms with Crippen molar-refractivity contribution in [3.8, 4) is 17.0 Å². The molecule has 0 fully saturated rings. The number of nitrogens with one attached hydrogen (secondary N) is 1. The van der Waals surface area contributed by atoms with Gasteiger partial charge < -0.3 is 10.1 Å². The Bertz CT molecular complexity index is 683. The summed E-state index contributed by atoms with van der Waals surface area (Å²) in [6.45, 7) is 0.608. The summed E-state index contributed by atoms with van der Waals surface area (Å²) in [6, 6.07) is 7.41. The second-order valence-corrected chi connectivity index (χ2v) is 4.80. The van der Waals surface area contributed by atoms with Crippen LogP contribution in [0, 0.1) is 0 Å². The minimum Gasteiger partial charge on any atom is -0.493 e. The molecule has 0 amide bonds. The van der Waals surface area contributed by atoms with Gasteiger partial charge in [-0.3, -0.25) is 0 Å². The van der Waals surface area contributed by atoms with Crippen LogP contribution in [0.5, 0.6) is 5.75 Å². The zero-order valence-electron chi connectivity index (χ0n) is 11.3. The third kappa shape index (κ3) is 2.66. The molecule has 1 aromatic carbocycles. The molecule has 3 rings (SSSR count). The van der Waals surface area contributed by atoms with Crippen molar-refractivity contribution in [2.45, 2.75) is 12.6 Å². The topological polar surface area (TPSA) is 34.1 Å². The van der Waals surface area contributed by atoms with Gasteiger partial charge in [-0.1, -0.05) is 0 Å². The van der Waals surface area contributed by atoms with E-state index in [9.17, 15) is 13.2 Å². The molecule has 0 saturated carbocycles. The zero-order chi connectivity index (χ0) is 15.0. The molecule has 0 saturated heterocycles. The first-order valence-electron chi connectivity index (χ1n) is 6.50. The summed E-state index contributed by atoms with van der Waals surface area (Å²) in [5.41, 5.74) is 1.23. The van der Waals surface area contributed by atoms with Crippen LogP contribution < -0.4 is 10.1 Å². The molecule has 21 heavy (non-hydrogen) atoms. The Labute approximate surface area is 119 Å². The Kier molecular flexibility index (Phi) is 3.23. The number of nitrogens with zero attached hydrogens (tertiary/aromatic N) is 1. The van der Waals surface area contributed by atoms with Crippen LogP contribution in [0.1, 0.15) is 11.1 Å². The third-order valence-corrected chi connectivity index (χ3v) is 3.39. The summed E-state index contributed by atoms with van der Waals surface area (Å²) < 4.78 is 44.2. The highest BCUT2D eigenvalue weighted by Gasteiger charge is 2.31. The highest BCUT2D eigenvalue weighted by Crippen LogP contribution is 2.35. The van der Waals surface area contributed by atoms with E-state index < -0.39 is 11.7 Å². The molecule has 3 nitrogen and oxygen atoms in total. The number of ether oxygens (including phenoxy) is 1. The minimum atomic E-state index is -4.40. The van der Waals surface area contributed by atoms with Crippen LogP contribution in [-0.2, 0) is 12.6 Å². The van der Waals surface area contributed by atoms with Gasteiger partial charge in [0.15, 0.2) is 0 Å². The molecule has 0 radical (unpaired) electrons. The Morgan fingerprint density at radius 3 is 2.71 bits per heavy atom. The molecule has 0 unspecified atom stereocenters. The number of rotatable bonds is 2. The molecule has 110 valence electrons. The van der Waals surface area contributed by atoms with E-state index in [1.54, 1.807) is 19.2 Å². The number of alkyl halides is 3. The smallest absolute Gasteiger partial charge is 0.416 e. The molecule has 6 heteroatoms. The fourth-order valence-electron chi connectivity index (χ4n) is 2.32. The van der Waals surface area contributed by atoms with Crippen LogP contribution in [0.3, 0.4) is 0 Å². The lowest BCUT2D eigenvalue weighted by molar-refractivity contribution is -0.137. The Morgan fingerprint density at radius 2 is 2.00 bits per heavy atom. The lowest BCUT2D eigenvalue weighted by Gasteiger charge is -2.12. The first kappa shape index (κ1) is 13.7. The molecular formula is C15H13F3N2O. The van der Waals surface area contributed by atoms with Crippen molar-refractivity contribution >= 4 is 5.82 Å². The predicted octanol–water partition coefficient (Wildman–Crippen LogP) is 3.74. The summed E-state index contributed by atoms with van der Waals surface area (Å²) in [6.07, 6.45) is -3.63. The predicted molar refractivity (Wildman–Crippen MR) is 73.4 cm³/mol. The molecule has 0 aliphatic carbocycles. The second-order valence-electron chi connectivity index (χ2n) is 4.80. The van der Waals surface area contributed by atoms with E-state index in [0.29, 0.717) is 17.9 Å². The van der Waals surface area contributed by atoms with E-state index in [2.05, 4.69) is 10.3 Å². The van der Waals surface area contributed by atoms with Crippen LogP contribution in [-0.4, -0.2) is 18.6 Å². The molecule has 2 aromatic rings. The SMILES string of the molecule is CNc1cc(C(F)(F)F)cc(-c2ccc3c(c2)CCO3)n1. The number of fused-ring (bicyclic) bond motifs is 1. The average molecular weight is 294 g/mol. The molecular weight excluding hydrogens is 281 g/mol. The van der Waals surface area contributed by atoms with Gasteiger partial charge in [0.1, 0.15) is 11.6 Å². The van der Waals surface area contributed by atoms with Crippen molar-refractivity contribution in [2.75, 3.05) is 19.0 Å². The minimum absolute atomic E-state index is 0.191. The normalized spacial score (nSPS) is 13.7. The molecule has 0 spiro atoms. The highest BCUT2D eigenvalue weighted by molar-refractivity contribution is 5.65. The number of aromatic nitrogens is 1. The lowest BCUT2D eigenvalue weighted by atomic mass is 10.0. The number of anilines is 1. The van der Waals surface area contributed by atoms with Crippen molar-refractivity contribution in [3.63, 3.8) is 0 Å². The van der Waals surface area contributed by atoms with Crippen LogP contribution >= 0.6 is 0 Å². The number of pyridine rings is 1. The largest absolute Gasteiger partial charge is 0.493 e. The van der Waals surface area contributed by atoms with Gasteiger partial charge in [-0.2, -0.15) is 13.2 Å². The van der Waals surface area contributed by atoms with Gasteiger partial charge in [0.25, 0.3) is 0 Å². The molecule has 1 aliphatic rings. The Morgan fingerprint density at radius 1 is 1.19 bits per heavy atom. The van der Waals surface area contributed by atoms with Crippen molar-refractivity contribution < 1.29 is 17.9 Å². The summed E-state index contributed by atoms with van der Waals surface area (Å²) >= 11 is 0. The van der Waals surface area contributed by atoms with E-state index in [4.69, 9.17) is 4.74 Å². The van der Waals surface area contributed by atoms with Gasteiger partial charge in [-0.25, -0.2) is 4.98 Å². The van der Waals surface area contributed by atoms with E-state index >= 15 is 0 Å². The van der Waals surface area contributed by atoms with Crippen molar-refractivity contribution in [2.24, 2.45) is 0 Å². The maximum Gasteiger partial charge on any atom is 0.416 e. The van der Waals surface area contributed by atoms with E-state index in [1.165, 1.54) is 0 Å². The molecule has 2 heterocycles. The van der Waals surface area contributed by atoms with Crippen LogP contribution in [0.15, 0.2) is 30.3 Å². The number of halogens is 3. The van der Waals surface area contributed by atoms with Crippen molar-refractivity contribution in [1.29, 1.82) is 0 Å².